The van der Waals surface area contributed by atoms with Crippen molar-refractivity contribution in [3.8, 4) is 5.88 Å². The number of nitrogens with zero attached hydrogens (tertiary/aromatic N) is 6. The Morgan fingerprint density at radius 2 is 1.88 bits per heavy atom. The molecule has 1 aliphatic heterocycles. The van der Waals surface area contributed by atoms with Crippen molar-refractivity contribution in [2.45, 2.75) is 41.9 Å². The summed E-state index contributed by atoms with van der Waals surface area (Å²) in [4.78, 5) is 43.1. The lowest BCUT2D eigenvalue weighted by Crippen LogP contribution is -2.43. The summed E-state index contributed by atoms with van der Waals surface area (Å²) < 4.78 is 3.17. The molecule has 3 N–H and O–H groups in total. The molecule has 1 saturated heterocycles. The number of fused-ring (bicyclic) bond motifs is 2. The average Bonchev–Trinajstić information content (AvgIpc) is 3.63. The normalized spacial score (nSPS) is 16.4. The Morgan fingerprint density at radius 3 is 2.67 bits per heavy atom. The van der Waals surface area contributed by atoms with Crippen LogP contribution in [-0.4, -0.2) is 53.6 Å². The van der Waals surface area contributed by atoms with Crippen LogP contribution in [0.1, 0.15) is 42.5 Å². The molecule has 1 spiro atoms. The third kappa shape index (κ3) is 4.70. The van der Waals surface area contributed by atoms with Crippen molar-refractivity contribution in [2.24, 2.45) is 5.41 Å². The molecular weight excluding hydrogens is 588 g/mol. The summed E-state index contributed by atoms with van der Waals surface area (Å²) in [6, 6.07) is 10.0. The third-order valence-corrected chi connectivity index (χ3v) is 10.1. The van der Waals surface area contributed by atoms with Gasteiger partial charge in [-0.3, -0.25) is 18.4 Å². The van der Waals surface area contributed by atoms with E-state index in [1.807, 2.05) is 16.7 Å². The molecule has 0 unspecified atom stereocenters. The van der Waals surface area contributed by atoms with E-state index >= 15 is 0 Å². The van der Waals surface area contributed by atoms with Crippen molar-refractivity contribution in [3.05, 3.63) is 82.1 Å². The highest BCUT2D eigenvalue weighted by atomic mass is 35.5. The number of hydrogen-bond acceptors (Lipinski definition) is 9. The second-order valence-corrected chi connectivity index (χ2v) is 12.3. The topological polar surface area (TPSA) is 141 Å². The van der Waals surface area contributed by atoms with E-state index in [2.05, 4.69) is 20.2 Å². The van der Waals surface area contributed by atoms with Gasteiger partial charge in [-0.25, -0.2) is 9.97 Å². The Balaban J connectivity index is 1.13. The van der Waals surface area contributed by atoms with E-state index in [-0.39, 0.29) is 21.8 Å². The Morgan fingerprint density at radius 1 is 1.05 bits per heavy atom. The fourth-order valence-corrected chi connectivity index (χ4v) is 7.38. The fourth-order valence-electron chi connectivity index (χ4n) is 6.16. The van der Waals surface area contributed by atoms with Gasteiger partial charge in [-0.05, 0) is 56.4 Å². The minimum absolute atomic E-state index is 0.0647. The second kappa shape index (κ2) is 10.7. The minimum atomic E-state index is -0.824. The lowest BCUT2D eigenvalue weighted by atomic mass is 9.76. The summed E-state index contributed by atoms with van der Waals surface area (Å²) in [5.74, 6) is -0.665. The largest absolute Gasteiger partial charge is 0.493 e. The van der Waals surface area contributed by atoms with Crippen LogP contribution < -0.4 is 15.8 Å². The highest BCUT2D eigenvalue weighted by Gasteiger charge is 2.41. The average molecular weight is 615 g/mol. The molecule has 13 heteroatoms. The van der Waals surface area contributed by atoms with Gasteiger partial charge in [0.15, 0.2) is 11.2 Å². The van der Waals surface area contributed by atoms with Crippen molar-refractivity contribution >= 4 is 57.9 Å². The van der Waals surface area contributed by atoms with E-state index in [1.54, 1.807) is 42.7 Å². The van der Waals surface area contributed by atoms with Crippen LogP contribution in [0, 0.1) is 10.8 Å². The molecule has 11 nitrogen and oxygen atoms in total. The summed E-state index contributed by atoms with van der Waals surface area (Å²) >= 11 is 8.11. The first kappa shape index (κ1) is 27.4. The number of halogens is 1. The Kier molecular flexibility index (Phi) is 6.82. The summed E-state index contributed by atoms with van der Waals surface area (Å²) in [6.45, 7) is 1.68. The molecule has 43 heavy (non-hydrogen) atoms. The summed E-state index contributed by atoms with van der Waals surface area (Å²) in [5.41, 5.74) is 1.03. The molecule has 0 radical (unpaired) electrons. The van der Waals surface area contributed by atoms with Crippen molar-refractivity contribution in [1.29, 1.82) is 5.41 Å². The highest BCUT2D eigenvalue weighted by molar-refractivity contribution is 7.99. The standard InChI is InChI=1S/C30H27ClN8O3S/c31-24-18(35-26(40)23-27(41)36-22-8-1-2-13-38(22)28(23)42)5-3-6-19(24)43-20-17-34-29(39-16-12-33-25(20)39)37-14-10-30(11-15-37)9-4-7-21(30)32/h1-3,5-6,8,12-13,16-17,32,41H,4,7,9-11,14-15H2,(H,35,40). The van der Waals surface area contributed by atoms with Crippen LogP contribution in [-0.2, 0) is 0 Å². The molecule has 1 saturated carbocycles. The molecule has 7 rings (SSSR count). The number of anilines is 2. The molecule has 2 aliphatic rings. The quantitative estimate of drug-likeness (QED) is 0.242. The van der Waals surface area contributed by atoms with Crippen LogP contribution in [0.2, 0.25) is 5.02 Å². The van der Waals surface area contributed by atoms with Crippen molar-refractivity contribution in [1.82, 2.24) is 23.8 Å². The molecule has 1 aliphatic carbocycles. The van der Waals surface area contributed by atoms with Gasteiger partial charge in [0.2, 0.25) is 11.8 Å². The number of carbonyl (C=O) groups excluding carboxylic acids is 1. The van der Waals surface area contributed by atoms with Gasteiger partial charge in [0.25, 0.3) is 11.5 Å². The maximum Gasteiger partial charge on any atom is 0.274 e. The highest BCUT2D eigenvalue weighted by Crippen LogP contribution is 2.45. The Labute approximate surface area is 255 Å². The number of amides is 1. The number of imidazole rings is 1. The van der Waals surface area contributed by atoms with Crippen LogP contribution in [0.5, 0.6) is 5.88 Å². The number of rotatable bonds is 5. The number of benzene rings is 1. The van der Waals surface area contributed by atoms with Gasteiger partial charge in [-0.2, -0.15) is 4.98 Å². The predicted molar refractivity (Wildman–Crippen MR) is 165 cm³/mol. The van der Waals surface area contributed by atoms with E-state index in [1.165, 1.54) is 22.4 Å². The molecule has 5 aromatic rings. The molecule has 5 heterocycles. The second-order valence-electron chi connectivity index (χ2n) is 10.9. The first-order valence-electron chi connectivity index (χ1n) is 14.0. The molecule has 218 valence electrons. The zero-order valence-electron chi connectivity index (χ0n) is 23.0. The van der Waals surface area contributed by atoms with E-state index in [4.69, 9.17) is 22.0 Å². The zero-order chi connectivity index (χ0) is 29.7. The van der Waals surface area contributed by atoms with Gasteiger partial charge in [0, 0.05) is 53.9 Å². The number of nitrogens with one attached hydrogen (secondary N) is 2. The van der Waals surface area contributed by atoms with Gasteiger partial charge in [0.1, 0.15) is 5.65 Å². The van der Waals surface area contributed by atoms with Crippen molar-refractivity contribution < 1.29 is 9.90 Å². The smallest absolute Gasteiger partial charge is 0.274 e. The molecule has 0 bridgehead atoms. The van der Waals surface area contributed by atoms with Crippen LogP contribution in [0.4, 0.5) is 11.6 Å². The van der Waals surface area contributed by atoms with E-state index in [0.29, 0.717) is 4.90 Å². The van der Waals surface area contributed by atoms with E-state index in [0.717, 1.165) is 67.4 Å². The minimum Gasteiger partial charge on any atom is -0.493 e. The van der Waals surface area contributed by atoms with E-state index in [9.17, 15) is 14.7 Å². The number of carbonyl (C=O) groups is 1. The molecule has 0 atom stereocenters. The van der Waals surface area contributed by atoms with Crippen molar-refractivity contribution in [3.63, 3.8) is 0 Å². The number of pyridine rings is 1. The van der Waals surface area contributed by atoms with Gasteiger partial charge in [0.05, 0.1) is 15.6 Å². The zero-order valence-corrected chi connectivity index (χ0v) is 24.5. The number of aromatic hydroxyl groups is 1. The van der Waals surface area contributed by atoms with Crippen molar-refractivity contribution in [2.75, 3.05) is 23.3 Å². The molecule has 4 aromatic heterocycles. The summed E-state index contributed by atoms with van der Waals surface area (Å²) in [6.07, 6.45) is 12.0. The van der Waals surface area contributed by atoms with Gasteiger partial charge in [-0.15, -0.1) is 0 Å². The lowest BCUT2D eigenvalue weighted by Gasteiger charge is -2.40. The molecule has 1 amide bonds. The molecule has 1 aromatic carbocycles. The summed E-state index contributed by atoms with van der Waals surface area (Å²) in [7, 11) is 0. The molecule has 2 fully saturated rings. The number of aromatic nitrogens is 5. The van der Waals surface area contributed by atoms with Crippen LogP contribution in [0.15, 0.2) is 75.8 Å². The van der Waals surface area contributed by atoms with Gasteiger partial charge in [-0.1, -0.05) is 35.5 Å². The van der Waals surface area contributed by atoms with Crippen LogP contribution in [0.25, 0.3) is 11.3 Å². The SMILES string of the molecule is N=C1CCCC12CCN(c1ncc(Sc3cccc(NC(=O)c4c(O)nc5ccccn5c4=O)c3Cl)c3nccn13)CC2. The first-order valence-corrected chi connectivity index (χ1v) is 15.2. The van der Waals surface area contributed by atoms with Crippen LogP contribution >= 0.6 is 23.4 Å². The summed E-state index contributed by atoms with van der Waals surface area (Å²) in [5, 5.41) is 21.7. The van der Waals surface area contributed by atoms with Gasteiger partial charge >= 0.3 is 0 Å². The lowest BCUT2D eigenvalue weighted by molar-refractivity contribution is 0.102. The molecular formula is C30H27ClN8O3S. The first-order chi connectivity index (χ1) is 20.8. The monoisotopic (exact) mass is 614 g/mol. The number of hydrogen-bond donors (Lipinski definition) is 3. The Bertz CT molecular complexity index is 1980. The van der Waals surface area contributed by atoms with Crippen LogP contribution in [0.3, 0.4) is 0 Å². The number of piperidine rings is 1. The maximum absolute atomic E-state index is 13.1. The maximum atomic E-state index is 13.1. The predicted octanol–water partition coefficient (Wildman–Crippen LogP) is 5.29. The van der Waals surface area contributed by atoms with E-state index < -0.39 is 22.9 Å². The van der Waals surface area contributed by atoms with Gasteiger partial charge < -0.3 is 20.7 Å². The fraction of sp³-hybridized carbons (Fsp3) is 0.267. The third-order valence-electron chi connectivity index (χ3n) is 8.47. The Hall–Kier alpha value is -4.42.